The first-order valence-corrected chi connectivity index (χ1v) is 6.29. The molecule has 1 N–H and O–H groups in total. The second-order valence-corrected chi connectivity index (χ2v) is 4.80. The number of hydrogen-bond donors (Lipinski definition) is 1. The van der Waals surface area contributed by atoms with E-state index in [1.165, 1.54) is 11.8 Å². The van der Waals surface area contributed by atoms with Crippen LogP contribution in [0, 0.1) is 11.8 Å². The molecule has 0 aliphatic carbocycles. The van der Waals surface area contributed by atoms with Gasteiger partial charge in [-0.15, -0.1) is 0 Å². The van der Waals surface area contributed by atoms with Crippen LogP contribution in [0.2, 0.25) is 0 Å². The Hall–Kier alpha value is -1.73. The lowest BCUT2D eigenvalue weighted by atomic mass is 10.2. The fraction of sp³-hybridized carbons (Fsp3) is 0.231. The zero-order valence-corrected chi connectivity index (χ0v) is 10.3. The van der Waals surface area contributed by atoms with Gasteiger partial charge < -0.3 is 4.98 Å². The van der Waals surface area contributed by atoms with E-state index in [-0.39, 0.29) is 5.12 Å². The van der Waals surface area contributed by atoms with Crippen LogP contribution in [0.1, 0.15) is 18.9 Å². The Morgan fingerprint density at radius 2 is 2.41 bits per heavy atom. The van der Waals surface area contributed by atoms with Gasteiger partial charge in [0.2, 0.25) is 0 Å². The monoisotopic (exact) mass is 244 g/mol. The third-order valence-electron chi connectivity index (χ3n) is 2.19. The van der Waals surface area contributed by atoms with Crippen molar-refractivity contribution in [3.05, 3.63) is 30.1 Å². The van der Waals surface area contributed by atoms with E-state index in [1.807, 2.05) is 18.2 Å². The highest BCUT2D eigenvalue weighted by atomic mass is 32.2. The molecule has 0 amide bonds. The molecule has 3 nitrogen and oxygen atoms in total. The standard InChI is InChI=1S/C13H12N2OS/c1-10(16)17-7-3-2-4-11-5-6-12-13(8-11)15-9-14-12/h5-6,8-9H,3,7H2,1H3,(H,14,15). The van der Waals surface area contributed by atoms with Crippen LogP contribution in [0.3, 0.4) is 0 Å². The van der Waals surface area contributed by atoms with Crippen molar-refractivity contribution in [2.24, 2.45) is 0 Å². The number of hydrogen-bond acceptors (Lipinski definition) is 3. The van der Waals surface area contributed by atoms with Crippen LogP contribution in [0.4, 0.5) is 0 Å². The molecule has 0 fully saturated rings. The molecule has 4 heteroatoms. The van der Waals surface area contributed by atoms with Crippen molar-refractivity contribution in [1.29, 1.82) is 0 Å². The van der Waals surface area contributed by atoms with Crippen molar-refractivity contribution in [2.75, 3.05) is 5.75 Å². The van der Waals surface area contributed by atoms with E-state index in [0.29, 0.717) is 0 Å². The maximum Gasteiger partial charge on any atom is 0.185 e. The molecular formula is C13H12N2OS. The zero-order valence-electron chi connectivity index (χ0n) is 9.49. The normalized spacial score (nSPS) is 9.94. The Labute approximate surface area is 104 Å². The van der Waals surface area contributed by atoms with Gasteiger partial charge in [0.1, 0.15) is 0 Å². The van der Waals surface area contributed by atoms with Crippen LogP contribution in [-0.2, 0) is 4.79 Å². The van der Waals surface area contributed by atoms with E-state index in [2.05, 4.69) is 21.8 Å². The lowest BCUT2D eigenvalue weighted by Crippen LogP contribution is -1.84. The van der Waals surface area contributed by atoms with Gasteiger partial charge in [-0.05, 0) is 18.2 Å². The minimum Gasteiger partial charge on any atom is -0.345 e. The molecule has 0 unspecified atom stereocenters. The van der Waals surface area contributed by atoms with Crippen LogP contribution in [0.5, 0.6) is 0 Å². The summed E-state index contributed by atoms with van der Waals surface area (Å²) in [7, 11) is 0. The number of rotatable bonds is 2. The van der Waals surface area contributed by atoms with Crippen molar-refractivity contribution in [1.82, 2.24) is 9.97 Å². The van der Waals surface area contributed by atoms with Gasteiger partial charge in [-0.25, -0.2) is 4.98 Å². The number of benzene rings is 1. The highest BCUT2D eigenvalue weighted by molar-refractivity contribution is 8.13. The SMILES string of the molecule is CC(=O)SCCC#Cc1ccc2nc[nH]c2c1. The fourth-order valence-electron chi connectivity index (χ4n) is 1.42. The average molecular weight is 244 g/mol. The molecule has 2 aromatic rings. The summed E-state index contributed by atoms with van der Waals surface area (Å²) < 4.78 is 0. The number of aromatic amines is 1. The number of carbonyl (C=O) groups is 1. The molecule has 0 atom stereocenters. The number of imidazole rings is 1. The van der Waals surface area contributed by atoms with E-state index in [0.717, 1.165) is 28.8 Å². The molecule has 1 aromatic heterocycles. The number of fused-ring (bicyclic) bond motifs is 1. The van der Waals surface area contributed by atoms with Gasteiger partial charge in [0.25, 0.3) is 0 Å². The Morgan fingerprint density at radius 1 is 1.53 bits per heavy atom. The summed E-state index contributed by atoms with van der Waals surface area (Å²) in [5, 5.41) is 0.144. The van der Waals surface area contributed by atoms with E-state index in [9.17, 15) is 4.79 Å². The first kappa shape index (κ1) is 11.7. The lowest BCUT2D eigenvalue weighted by molar-refractivity contribution is -0.109. The predicted molar refractivity (Wildman–Crippen MR) is 70.7 cm³/mol. The van der Waals surface area contributed by atoms with Gasteiger partial charge in [-0.1, -0.05) is 23.6 Å². The molecule has 0 bridgehead atoms. The second kappa shape index (κ2) is 5.55. The molecule has 2 rings (SSSR count). The average Bonchev–Trinajstić information content (AvgIpc) is 2.75. The summed E-state index contributed by atoms with van der Waals surface area (Å²) in [6.45, 7) is 1.57. The van der Waals surface area contributed by atoms with Gasteiger partial charge in [0.15, 0.2) is 5.12 Å². The molecule has 0 saturated heterocycles. The summed E-state index contributed by atoms with van der Waals surface area (Å²) in [6, 6.07) is 5.88. The third kappa shape index (κ3) is 3.36. The number of carbonyl (C=O) groups excluding carboxylic acids is 1. The molecule has 1 aromatic carbocycles. The zero-order chi connectivity index (χ0) is 12.1. The molecule has 0 aliphatic rings. The van der Waals surface area contributed by atoms with Crippen LogP contribution < -0.4 is 0 Å². The molecule has 86 valence electrons. The van der Waals surface area contributed by atoms with E-state index < -0.39 is 0 Å². The molecule has 17 heavy (non-hydrogen) atoms. The van der Waals surface area contributed by atoms with Crippen molar-refractivity contribution in [3.8, 4) is 11.8 Å². The molecule has 0 saturated carbocycles. The lowest BCUT2D eigenvalue weighted by Gasteiger charge is -1.91. The van der Waals surface area contributed by atoms with Crippen LogP contribution in [-0.4, -0.2) is 20.8 Å². The largest absolute Gasteiger partial charge is 0.345 e. The third-order valence-corrected chi connectivity index (χ3v) is 3.00. The molecule has 1 heterocycles. The molecular weight excluding hydrogens is 232 g/mol. The van der Waals surface area contributed by atoms with Gasteiger partial charge >= 0.3 is 0 Å². The first-order valence-electron chi connectivity index (χ1n) is 5.31. The Kier molecular flexibility index (Phi) is 3.84. The number of aromatic nitrogens is 2. The molecule has 0 aliphatic heterocycles. The highest BCUT2D eigenvalue weighted by Crippen LogP contribution is 2.10. The highest BCUT2D eigenvalue weighted by Gasteiger charge is 1.95. The number of nitrogens with one attached hydrogen (secondary N) is 1. The topological polar surface area (TPSA) is 45.8 Å². The van der Waals surface area contributed by atoms with E-state index in [4.69, 9.17) is 0 Å². The van der Waals surface area contributed by atoms with Crippen molar-refractivity contribution in [2.45, 2.75) is 13.3 Å². The summed E-state index contributed by atoms with van der Waals surface area (Å²) in [5.41, 5.74) is 2.91. The van der Waals surface area contributed by atoms with Crippen molar-refractivity contribution < 1.29 is 4.79 Å². The van der Waals surface area contributed by atoms with Crippen LogP contribution in [0.25, 0.3) is 11.0 Å². The first-order chi connectivity index (χ1) is 8.25. The smallest absolute Gasteiger partial charge is 0.185 e. The van der Waals surface area contributed by atoms with Crippen molar-refractivity contribution >= 4 is 27.9 Å². The van der Waals surface area contributed by atoms with Gasteiger partial charge in [0.05, 0.1) is 17.4 Å². The maximum atomic E-state index is 10.7. The van der Waals surface area contributed by atoms with Gasteiger partial charge in [-0.3, -0.25) is 4.79 Å². The van der Waals surface area contributed by atoms with Crippen LogP contribution >= 0.6 is 11.8 Å². The summed E-state index contributed by atoms with van der Waals surface area (Å²) in [5.74, 6) is 6.89. The Morgan fingerprint density at radius 3 is 3.24 bits per heavy atom. The number of thioether (sulfide) groups is 1. The maximum absolute atomic E-state index is 10.7. The summed E-state index contributed by atoms with van der Waals surface area (Å²) in [6.07, 6.45) is 2.40. The predicted octanol–water partition coefficient (Wildman–Crippen LogP) is 2.58. The minimum atomic E-state index is 0.144. The summed E-state index contributed by atoms with van der Waals surface area (Å²) >= 11 is 1.31. The minimum absolute atomic E-state index is 0.144. The van der Waals surface area contributed by atoms with Gasteiger partial charge in [-0.2, -0.15) is 0 Å². The second-order valence-electron chi connectivity index (χ2n) is 3.53. The van der Waals surface area contributed by atoms with E-state index >= 15 is 0 Å². The Balaban J connectivity index is 1.98. The van der Waals surface area contributed by atoms with Crippen LogP contribution in [0.15, 0.2) is 24.5 Å². The van der Waals surface area contributed by atoms with E-state index in [1.54, 1.807) is 13.3 Å². The summed E-state index contributed by atoms with van der Waals surface area (Å²) in [4.78, 5) is 17.9. The quantitative estimate of drug-likeness (QED) is 0.652. The molecule has 0 radical (unpaired) electrons. The fourth-order valence-corrected chi connectivity index (χ4v) is 1.92. The number of H-pyrrole nitrogens is 1. The Bertz CT molecular complexity index is 592. The van der Waals surface area contributed by atoms with Gasteiger partial charge in [0, 0.05) is 24.7 Å². The van der Waals surface area contributed by atoms with Crippen molar-refractivity contribution in [3.63, 3.8) is 0 Å². The number of nitrogens with zero attached hydrogens (tertiary/aromatic N) is 1. The molecule has 0 spiro atoms.